The molecule has 1 heterocycles. The Bertz CT molecular complexity index is 948. The lowest BCUT2D eigenvalue weighted by molar-refractivity contribution is -0.136. The summed E-state index contributed by atoms with van der Waals surface area (Å²) in [5, 5.41) is 15.0. The standard InChI is InChI=1S/C21H22N2O5/c1-4-15(22-13-7-5-12(6-8-13)9-19(24)25)20-14-10-17(27-2)18(28-3)11-16(14)23-21(20)26/h5-8,10-11,22H,4,9H2,1-3H3,(H,23,26)(H,24,25)/b20-15+. The van der Waals surface area contributed by atoms with Crippen molar-refractivity contribution in [2.24, 2.45) is 0 Å². The molecule has 0 saturated heterocycles. The number of methoxy groups -OCH3 is 2. The molecule has 3 rings (SSSR count). The summed E-state index contributed by atoms with van der Waals surface area (Å²) in [6.07, 6.45) is 0.576. The molecule has 7 heteroatoms. The molecule has 28 heavy (non-hydrogen) atoms. The fraction of sp³-hybridized carbons (Fsp3) is 0.238. The lowest BCUT2D eigenvalue weighted by Gasteiger charge is -2.14. The van der Waals surface area contributed by atoms with Crippen molar-refractivity contribution in [3.63, 3.8) is 0 Å². The number of carbonyl (C=O) groups is 2. The second-order valence-corrected chi connectivity index (χ2v) is 6.31. The van der Waals surface area contributed by atoms with E-state index in [1.807, 2.05) is 6.92 Å². The molecule has 1 aliphatic rings. The number of nitrogens with one attached hydrogen (secondary N) is 2. The topological polar surface area (TPSA) is 96.9 Å². The molecule has 0 bridgehead atoms. The quantitative estimate of drug-likeness (QED) is 0.634. The van der Waals surface area contributed by atoms with E-state index < -0.39 is 5.97 Å². The van der Waals surface area contributed by atoms with E-state index in [-0.39, 0.29) is 12.3 Å². The monoisotopic (exact) mass is 382 g/mol. The molecule has 146 valence electrons. The minimum Gasteiger partial charge on any atom is -0.493 e. The number of carbonyl (C=O) groups excluding carboxylic acids is 1. The second-order valence-electron chi connectivity index (χ2n) is 6.31. The van der Waals surface area contributed by atoms with Gasteiger partial charge in [0.2, 0.25) is 0 Å². The second kappa shape index (κ2) is 8.04. The van der Waals surface area contributed by atoms with Gasteiger partial charge in [0, 0.05) is 23.0 Å². The van der Waals surface area contributed by atoms with E-state index in [1.165, 1.54) is 0 Å². The van der Waals surface area contributed by atoms with Gasteiger partial charge in [-0.2, -0.15) is 0 Å². The number of carboxylic acid groups (broad SMARTS) is 1. The van der Waals surface area contributed by atoms with Gasteiger partial charge in [-0.3, -0.25) is 9.59 Å². The molecule has 0 atom stereocenters. The van der Waals surface area contributed by atoms with Crippen LogP contribution in [-0.4, -0.2) is 31.2 Å². The number of fused-ring (bicyclic) bond motifs is 1. The third-order valence-corrected chi connectivity index (χ3v) is 4.53. The number of anilines is 2. The molecule has 7 nitrogen and oxygen atoms in total. The molecule has 0 spiro atoms. The van der Waals surface area contributed by atoms with Crippen molar-refractivity contribution in [1.82, 2.24) is 0 Å². The van der Waals surface area contributed by atoms with Crippen molar-refractivity contribution in [3.8, 4) is 11.5 Å². The Morgan fingerprint density at radius 2 is 1.75 bits per heavy atom. The van der Waals surface area contributed by atoms with Gasteiger partial charge in [-0.1, -0.05) is 19.1 Å². The van der Waals surface area contributed by atoms with Crippen molar-refractivity contribution in [2.45, 2.75) is 19.8 Å². The molecule has 0 aliphatic carbocycles. The van der Waals surface area contributed by atoms with Crippen LogP contribution in [0.25, 0.3) is 5.57 Å². The van der Waals surface area contributed by atoms with Crippen LogP contribution < -0.4 is 20.1 Å². The highest BCUT2D eigenvalue weighted by Crippen LogP contribution is 2.42. The van der Waals surface area contributed by atoms with E-state index in [0.29, 0.717) is 34.7 Å². The highest BCUT2D eigenvalue weighted by molar-refractivity contribution is 6.32. The summed E-state index contributed by atoms with van der Waals surface area (Å²) in [6, 6.07) is 10.6. The number of aliphatic carboxylic acids is 1. The van der Waals surface area contributed by atoms with E-state index in [0.717, 1.165) is 16.9 Å². The molecule has 1 amide bonds. The normalized spacial score (nSPS) is 14.2. The van der Waals surface area contributed by atoms with Crippen LogP contribution in [0.15, 0.2) is 42.1 Å². The lowest BCUT2D eigenvalue weighted by atomic mass is 10.0. The van der Waals surface area contributed by atoms with Crippen LogP contribution in [-0.2, 0) is 16.0 Å². The Morgan fingerprint density at radius 3 is 2.32 bits per heavy atom. The summed E-state index contributed by atoms with van der Waals surface area (Å²) in [7, 11) is 3.10. The van der Waals surface area contributed by atoms with Crippen LogP contribution in [0.1, 0.15) is 24.5 Å². The first-order valence-electron chi connectivity index (χ1n) is 8.85. The maximum atomic E-state index is 12.6. The molecule has 2 aromatic rings. The fourth-order valence-corrected chi connectivity index (χ4v) is 3.18. The molecular formula is C21H22N2O5. The van der Waals surface area contributed by atoms with Crippen LogP contribution in [0.4, 0.5) is 11.4 Å². The number of carboxylic acids is 1. The summed E-state index contributed by atoms with van der Waals surface area (Å²) >= 11 is 0. The summed E-state index contributed by atoms with van der Waals surface area (Å²) in [5.41, 5.74) is 4.21. The highest BCUT2D eigenvalue weighted by atomic mass is 16.5. The van der Waals surface area contributed by atoms with Crippen molar-refractivity contribution in [2.75, 3.05) is 24.9 Å². The molecule has 0 saturated carbocycles. The van der Waals surface area contributed by atoms with Gasteiger partial charge in [-0.05, 0) is 30.2 Å². The Balaban J connectivity index is 1.97. The van der Waals surface area contributed by atoms with Crippen LogP contribution in [0.3, 0.4) is 0 Å². The zero-order valence-electron chi connectivity index (χ0n) is 16.0. The predicted molar refractivity (Wildman–Crippen MR) is 107 cm³/mol. The summed E-state index contributed by atoms with van der Waals surface area (Å²) in [4.78, 5) is 23.5. The number of rotatable bonds is 7. The molecule has 0 fully saturated rings. The van der Waals surface area contributed by atoms with Gasteiger partial charge in [-0.25, -0.2) is 0 Å². The summed E-state index contributed by atoms with van der Waals surface area (Å²) in [5.74, 6) is 0.0180. The molecule has 0 aromatic heterocycles. The molecule has 3 N–H and O–H groups in total. The number of allylic oxidation sites excluding steroid dienone is 1. The van der Waals surface area contributed by atoms with E-state index >= 15 is 0 Å². The first kappa shape index (κ1) is 19.3. The van der Waals surface area contributed by atoms with Gasteiger partial charge in [-0.15, -0.1) is 0 Å². The molecule has 0 radical (unpaired) electrons. The van der Waals surface area contributed by atoms with Gasteiger partial charge in [0.25, 0.3) is 5.91 Å². The minimum atomic E-state index is -0.874. The van der Waals surface area contributed by atoms with Crippen molar-refractivity contribution >= 4 is 28.8 Å². The number of amides is 1. The summed E-state index contributed by atoms with van der Waals surface area (Å²) in [6.45, 7) is 1.96. The Hall–Kier alpha value is -3.48. The van der Waals surface area contributed by atoms with Gasteiger partial charge < -0.3 is 25.2 Å². The Morgan fingerprint density at radius 1 is 1.11 bits per heavy atom. The Kier molecular flexibility index (Phi) is 5.54. The first-order valence-corrected chi connectivity index (χ1v) is 8.85. The smallest absolute Gasteiger partial charge is 0.307 e. The Labute approximate surface area is 163 Å². The van der Waals surface area contributed by atoms with Gasteiger partial charge >= 0.3 is 5.97 Å². The summed E-state index contributed by atoms with van der Waals surface area (Å²) < 4.78 is 10.7. The number of hydrogen-bond acceptors (Lipinski definition) is 5. The zero-order chi connectivity index (χ0) is 20.3. The van der Waals surface area contributed by atoms with Crippen LogP contribution in [0, 0.1) is 0 Å². The molecule has 0 unspecified atom stereocenters. The van der Waals surface area contributed by atoms with E-state index in [1.54, 1.807) is 50.6 Å². The largest absolute Gasteiger partial charge is 0.493 e. The maximum Gasteiger partial charge on any atom is 0.307 e. The lowest BCUT2D eigenvalue weighted by Crippen LogP contribution is -2.10. The predicted octanol–water partition coefficient (Wildman–Crippen LogP) is 3.52. The average Bonchev–Trinajstić information content (AvgIpc) is 3.00. The first-order chi connectivity index (χ1) is 13.5. The van der Waals surface area contributed by atoms with Crippen LogP contribution in [0.5, 0.6) is 11.5 Å². The van der Waals surface area contributed by atoms with Gasteiger partial charge in [0.05, 0.1) is 31.9 Å². The third kappa shape index (κ3) is 3.78. The van der Waals surface area contributed by atoms with E-state index in [4.69, 9.17) is 14.6 Å². The van der Waals surface area contributed by atoms with Crippen molar-refractivity contribution < 1.29 is 24.2 Å². The molecule has 2 aromatic carbocycles. The number of ether oxygens (including phenoxy) is 2. The number of hydrogen-bond donors (Lipinski definition) is 3. The van der Waals surface area contributed by atoms with Crippen molar-refractivity contribution in [3.05, 3.63) is 53.2 Å². The van der Waals surface area contributed by atoms with Gasteiger partial charge in [0.1, 0.15) is 0 Å². The van der Waals surface area contributed by atoms with Crippen LogP contribution in [0.2, 0.25) is 0 Å². The molecule has 1 aliphatic heterocycles. The maximum absolute atomic E-state index is 12.6. The number of benzene rings is 2. The van der Waals surface area contributed by atoms with Crippen LogP contribution >= 0.6 is 0 Å². The average molecular weight is 382 g/mol. The van der Waals surface area contributed by atoms with E-state index in [2.05, 4.69) is 10.6 Å². The van der Waals surface area contributed by atoms with Crippen molar-refractivity contribution in [1.29, 1.82) is 0 Å². The van der Waals surface area contributed by atoms with Gasteiger partial charge in [0.15, 0.2) is 11.5 Å². The minimum absolute atomic E-state index is 0.0284. The third-order valence-electron chi connectivity index (χ3n) is 4.53. The SMILES string of the molecule is CC/C(Nc1ccc(CC(=O)O)cc1)=C1\C(=O)Nc2cc(OC)c(OC)cc21. The zero-order valence-corrected chi connectivity index (χ0v) is 16.0. The fourth-order valence-electron chi connectivity index (χ4n) is 3.18. The molecular weight excluding hydrogens is 360 g/mol. The highest BCUT2D eigenvalue weighted by Gasteiger charge is 2.29. The van der Waals surface area contributed by atoms with E-state index in [9.17, 15) is 9.59 Å².